The Bertz CT molecular complexity index is 937. The highest BCUT2D eigenvalue weighted by Crippen LogP contribution is 2.25. The van der Waals surface area contributed by atoms with E-state index in [-0.39, 0.29) is 16.9 Å². The van der Waals surface area contributed by atoms with Crippen LogP contribution in [0, 0.1) is 6.92 Å². The summed E-state index contributed by atoms with van der Waals surface area (Å²) in [6.45, 7) is 1.06. The summed E-state index contributed by atoms with van der Waals surface area (Å²) in [5, 5.41) is 30.4. The fourth-order valence-corrected chi connectivity index (χ4v) is 2.79. The highest BCUT2D eigenvalue weighted by atomic mass is 16.7. The Morgan fingerprint density at radius 1 is 1.10 bits per heavy atom. The van der Waals surface area contributed by atoms with Gasteiger partial charge in [-0.2, -0.15) is 0 Å². The van der Waals surface area contributed by atoms with E-state index in [0.717, 1.165) is 11.8 Å². The van der Waals surface area contributed by atoms with Crippen molar-refractivity contribution in [1.29, 1.82) is 0 Å². The van der Waals surface area contributed by atoms with Crippen molar-refractivity contribution in [3.05, 3.63) is 70.1 Å². The normalized spacial score (nSPS) is 26.5. The number of aliphatic hydroxyl groups excluding tert-OH is 3. The second-order valence-electron chi connectivity index (χ2n) is 6.70. The third-order valence-electron chi connectivity index (χ3n) is 4.56. The molecule has 9 nitrogen and oxygen atoms in total. The topological polar surface area (TPSA) is 136 Å². The summed E-state index contributed by atoms with van der Waals surface area (Å²) >= 11 is 0. The molecule has 0 amide bonds. The Kier molecular flexibility index (Phi) is 7.01. The lowest BCUT2D eigenvalue weighted by Gasteiger charge is -2.39. The van der Waals surface area contributed by atoms with Gasteiger partial charge in [-0.1, -0.05) is 30.3 Å². The lowest BCUT2D eigenvalue weighted by Crippen LogP contribution is -2.60. The van der Waals surface area contributed by atoms with Crippen molar-refractivity contribution in [1.82, 2.24) is 0 Å². The standard InChI is InChI=1S/C21H22O9/c1-12-14(22)9-10-27-20(12)30-21-19(26)18(25)17(24)15(29-21)11-28-16(23)8-7-13-5-3-2-4-6-13/h2-10,15,17-19,21,24-26H,11H2,1H3/t15-,17-,18+,19-,21+/m1/s1. The van der Waals surface area contributed by atoms with Gasteiger partial charge in [0.1, 0.15) is 31.0 Å². The van der Waals surface area contributed by atoms with Crippen LogP contribution < -0.4 is 10.2 Å². The van der Waals surface area contributed by atoms with Crippen LogP contribution in [-0.4, -0.2) is 58.6 Å². The van der Waals surface area contributed by atoms with Crippen LogP contribution in [0.15, 0.2) is 57.9 Å². The van der Waals surface area contributed by atoms with E-state index < -0.39 is 43.3 Å². The van der Waals surface area contributed by atoms with E-state index in [1.54, 1.807) is 18.2 Å². The lowest BCUT2D eigenvalue weighted by atomic mass is 9.99. The summed E-state index contributed by atoms with van der Waals surface area (Å²) in [7, 11) is 0. The SMILES string of the molecule is Cc1c(O[C@@H]2O[C@H](COC(=O)C=Cc3ccccc3)[C@@H](O)[C@H](O)[C@H]2O)occc1=O. The monoisotopic (exact) mass is 418 g/mol. The highest BCUT2D eigenvalue weighted by Gasteiger charge is 2.45. The van der Waals surface area contributed by atoms with Gasteiger partial charge in [0.2, 0.25) is 6.29 Å². The second kappa shape index (κ2) is 9.68. The van der Waals surface area contributed by atoms with Crippen molar-refractivity contribution in [3.8, 4) is 5.95 Å². The largest absolute Gasteiger partial charge is 0.460 e. The second-order valence-corrected chi connectivity index (χ2v) is 6.70. The number of esters is 1. The number of ether oxygens (including phenoxy) is 3. The van der Waals surface area contributed by atoms with Crippen LogP contribution in [0.2, 0.25) is 0 Å². The molecule has 0 bridgehead atoms. The van der Waals surface area contributed by atoms with Crippen LogP contribution in [0.4, 0.5) is 0 Å². The third kappa shape index (κ3) is 5.14. The Hall–Kier alpha value is -2.98. The van der Waals surface area contributed by atoms with Gasteiger partial charge >= 0.3 is 5.97 Å². The number of benzene rings is 1. The molecule has 1 aliphatic heterocycles. The first-order valence-electron chi connectivity index (χ1n) is 9.21. The summed E-state index contributed by atoms with van der Waals surface area (Å²) in [6.07, 6.45) is -3.55. The molecule has 3 rings (SSSR count). The molecular weight excluding hydrogens is 396 g/mol. The Balaban J connectivity index is 1.62. The molecule has 1 aromatic carbocycles. The molecule has 1 saturated heterocycles. The van der Waals surface area contributed by atoms with Crippen molar-refractivity contribution < 1.29 is 38.7 Å². The number of aliphatic hydroxyl groups is 3. The Labute approximate surface area is 171 Å². The van der Waals surface area contributed by atoms with E-state index in [0.29, 0.717) is 0 Å². The van der Waals surface area contributed by atoms with Crippen LogP contribution in [0.3, 0.4) is 0 Å². The molecular formula is C21H22O9. The molecule has 0 radical (unpaired) electrons. The van der Waals surface area contributed by atoms with Gasteiger partial charge in [0.05, 0.1) is 11.8 Å². The van der Waals surface area contributed by atoms with Crippen molar-refractivity contribution in [2.75, 3.05) is 6.61 Å². The number of hydrogen-bond acceptors (Lipinski definition) is 9. The number of rotatable bonds is 6. The zero-order chi connectivity index (χ0) is 21.7. The first-order chi connectivity index (χ1) is 14.4. The first kappa shape index (κ1) is 21.7. The van der Waals surface area contributed by atoms with Gasteiger partial charge in [-0.3, -0.25) is 4.79 Å². The summed E-state index contributed by atoms with van der Waals surface area (Å²) in [4.78, 5) is 23.6. The van der Waals surface area contributed by atoms with Crippen LogP contribution in [0.1, 0.15) is 11.1 Å². The third-order valence-corrected chi connectivity index (χ3v) is 4.56. The fourth-order valence-electron chi connectivity index (χ4n) is 2.79. The molecule has 3 N–H and O–H groups in total. The van der Waals surface area contributed by atoms with Gasteiger partial charge in [0.25, 0.3) is 5.95 Å². The van der Waals surface area contributed by atoms with E-state index in [2.05, 4.69) is 0 Å². The van der Waals surface area contributed by atoms with Crippen molar-refractivity contribution in [3.63, 3.8) is 0 Å². The van der Waals surface area contributed by atoms with E-state index in [1.165, 1.54) is 19.1 Å². The summed E-state index contributed by atoms with van der Waals surface area (Å²) < 4.78 is 21.0. The molecule has 2 heterocycles. The summed E-state index contributed by atoms with van der Waals surface area (Å²) in [5.74, 6) is -0.880. The number of carbonyl (C=O) groups is 1. The molecule has 0 aliphatic carbocycles. The van der Waals surface area contributed by atoms with E-state index in [9.17, 15) is 24.9 Å². The van der Waals surface area contributed by atoms with Crippen molar-refractivity contribution in [2.45, 2.75) is 37.6 Å². The Morgan fingerprint density at radius 3 is 2.57 bits per heavy atom. The molecule has 160 valence electrons. The quantitative estimate of drug-likeness (QED) is 0.450. The number of hydrogen-bond donors (Lipinski definition) is 3. The smallest absolute Gasteiger partial charge is 0.330 e. The van der Waals surface area contributed by atoms with Gasteiger partial charge in [0, 0.05) is 12.1 Å². The predicted molar refractivity (Wildman–Crippen MR) is 103 cm³/mol. The first-order valence-corrected chi connectivity index (χ1v) is 9.21. The van der Waals surface area contributed by atoms with Gasteiger partial charge in [0.15, 0.2) is 5.43 Å². The molecule has 2 aromatic rings. The minimum Gasteiger partial charge on any atom is -0.460 e. The zero-order valence-electron chi connectivity index (χ0n) is 16.1. The molecule has 5 atom stereocenters. The minimum absolute atomic E-state index is 0.142. The summed E-state index contributed by atoms with van der Waals surface area (Å²) in [6, 6.07) is 10.3. The molecule has 1 fully saturated rings. The average molecular weight is 418 g/mol. The molecule has 0 spiro atoms. The van der Waals surface area contributed by atoms with Crippen LogP contribution >= 0.6 is 0 Å². The predicted octanol–water partition coefficient (Wildman–Crippen LogP) is 0.391. The maximum absolute atomic E-state index is 11.9. The van der Waals surface area contributed by atoms with Gasteiger partial charge in [-0.15, -0.1) is 0 Å². The van der Waals surface area contributed by atoms with Crippen LogP contribution in [-0.2, 0) is 14.3 Å². The highest BCUT2D eigenvalue weighted by molar-refractivity contribution is 5.87. The summed E-state index contributed by atoms with van der Waals surface area (Å²) in [5.41, 5.74) is 0.593. The molecule has 9 heteroatoms. The van der Waals surface area contributed by atoms with Crippen LogP contribution in [0.25, 0.3) is 6.08 Å². The minimum atomic E-state index is -1.64. The van der Waals surface area contributed by atoms with Gasteiger partial charge in [-0.25, -0.2) is 4.79 Å². The fraction of sp³-hybridized carbons (Fsp3) is 0.333. The maximum Gasteiger partial charge on any atom is 0.330 e. The average Bonchev–Trinajstić information content (AvgIpc) is 2.75. The molecule has 0 unspecified atom stereocenters. The molecule has 1 aromatic heterocycles. The number of carbonyl (C=O) groups excluding carboxylic acids is 1. The van der Waals surface area contributed by atoms with Crippen molar-refractivity contribution >= 4 is 12.0 Å². The van der Waals surface area contributed by atoms with Crippen molar-refractivity contribution in [2.24, 2.45) is 0 Å². The van der Waals surface area contributed by atoms with Gasteiger partial charge in [-0.05, 0) is 18.6 Å². The van der Waals surface area contributed by atoms with E-state index in [4.69, 9.17) is 18.6 Å². The van der Waals surface area contributed by atoms with E-state index in [1.807, 2.05) is 18.2 Å². The maximum atomic E-state index is 11.9. The van der Waals surface area contributed by atoms with E-state index >= 15 is 0 Å². The zero-order valence-corrected chi connectivity index (χ0v) is 16.1. The molecule has 30 heavy (non-hydrogen) atoms. The molecule has 1 aliphatic rings. The van der Waals surface area contributed by atoms with Crippen LogP contribution in [0.5, 0.6) is 5.95 Å². The van der Waals surface area contributed by atoms with Gasteiger partial charge < -0.3 is 33.9 Å². The lowest BCUT2D eigenvalue weighted by molar-refractivity contribution is -0.281. The Morgan fingerprint density at radius 2 is 1.83 bits per heavy atom. The molecule has 0 saturated carbocycles.